The maximum absolute atomic E-state index is 11.2. The molecule has 0 aliphatic rings. The predicted molar refractivity (Wildman–Crippen MR) is 196 cm³/mol. The minimum Gasteiger partial charge on any atom is -0.504 e. The van der Waals surface area contributed by atoms with Gasteiger partial charge in [0.1, 0.15) is 19.0 Å². The summed E-state index contributed by atoms with van der Waals surface area (Å²) in [5.74, 6) is -5.43. The quantitative estimate of drug-likeness (QED) is 0.0466. The van der Waals surface area contributed by atoms with Crippen molar-refractivity contribution in [1.82, 2.24) is 0 Å². The number of esters is 2. The smallest absolute Gasteiger partial charge is 0.338 e. The molecule has 0 saturated carbocycles. The Bertz CT molecular complexity index is 2020. The minimum absolute atomic E-state index is 0.0260. The third-order valence-corrected chi connectivity index (χ3v) is 8.19. The second-order valence-corrected chi connectivity index (χ2v) is 13.7. The van der Waals surface area contributed by atoms with E-state index < -0.39 is 66.7 Å². The first-order chi connectivity index (χ1) is 25.0. The number of hydrogen-bond acceptors (Lipinski definition) is 14. The molecule has 0 amide bonds. The molecular formula is C36H40O16S2. The van der Waals surface area contributed by atoms with Gasteiger partial charge in [0.25, 0.3) is 20.2 Å². The molecule has 0 unspecified atom stereocenters. The first kappa shape index (κ1) is 45.9. The number of phenolic OH excluding ortho intramolecular Hbond substituents is 6. The predicted octanol–water partition coefficient (Wildman–Crippen LogP) is 5.23. The molecule has 0 atom stereocenters. The first-order valence-electron chi connectivity index (χ1n) is 15.1. The molecule has 54 heavy (non-hydrogen) atoms. The molecule has 0 aliphatic heterocycles. The normalized spacial score (nSPS) is 10.5. The molecule has 4 rings (SSSR count). The van der Waals surface area contributed by atoms with Crippen LogP contribution < -0.4 is 0 Å². The molecule has 18 heteroatoms. The number of aryl methyl sites for hydroxylation is 3. The Kier molecular flexibility index (Phi) is 17.7. The van der Waals surface area contributed by atoms with Crippen LogP contribution >= 0.6 is 0 Å². The zero-order valence-corrected chi connectivity index (χ0v) is 30.8. The van der Waals surface area contributed by atoms with Gasteiger partial charge >= 0.3 is 11.9 Å². The molecule has 0 bridgehead atoms. The van der Waals surface area contributed by atoms with Crippen LogP contribution in [0.2, 0.25) is 0 Å². The van der Waals surface area contributed by atoms with Crippen LogP contribution in [0.3, 0.4) is 0 Å². The summed E-state index contributed by atoms with van der Waals surface area (Å²) in [7, 11) is -7.96. The topological polar surface area (TPSA) is 283 Å². The zero-order valence-electron chi connectivity index (χ0n) is 29.2. The van der Waals surface area contributed by atoms with Crippen molar-refractivity contribution in [2.75, 3.05) is 13.2 Å². The summed E-state index contributed by atoms with van der Waals surface area (Å²) >= 11 is 0. The molecule has 16 nitrogen and oxygen atoms in total. The molecule has 0 aromatic heterocycles. The Balaban J connectivity index is 0.000000362. The molecular weight excluding hydrogens is 753 g/mol. The van der Waals surface area contributed by atoms with Crippen molar-refractivity contribution in [2.45, 2.75) is 31.4 Å². The molecule has 0 fully saturated rings. The van der Waals surface area contributed by atoms with E-state index in [1.165, 1.54) is 12.2 Å². The summed E-state index contributed by atoms with van der Waals surface area (Å²) < 4.78 is 69.3. The van der Waals surface area contributed by atoms with E-state index in [4.69, 9.17) is 39.7 Å². The number of ether oxygens (including phenoxy) is 2. The molecule has 4 aromatic rings. The third-order valence-electron chi connectivity index (χ3n) is 6.33. The van der Waals surface area contributed by atoms with E-state index in [2.05, 4.69) is 22.6 Å². The van der Waals surface area contributed by atoms with Crippen LogP contribution in [0.25, 0.3) is 0 Å². The number of hydrogen-bond donors (Lipinski definition) is 8. The van der Waals surface area contributed by atoms with Gasteiger partial charge in [-0.3, -0.25) is 9.11 Å². The van der Waals surface area contributed by atoms with Gasteiger partial charge in [-0.05, 0) is 61.7 Å². The Morgan fingerprint density at radius 1 is 0.630 bits per heavy atom. The lowest BCUT2D eigenvalue weighted by molar-refractivity contribution is 0.0539. The van der Waals surface area contributed by atoms with Gasteiger partial charge in [0, 0.05) is 0 Å². The Morgan fingerprint density at radius 2 is 0.981 bits per heavy atom. The highest BCUT2D eigenvalue weighted by Crippen LogP contribution is 2.36. The SMILES string of the molecule is C=CCOC(=O)c1cc(O)c(O)c(O)c1.C=CCOC(=O)c1cc(O)c(O)c(O)c1.Cc1cc(C)c(S(=O)(=O)O)c(C)c1.O=S(=O)(O)Cc1ccccc1. The van der Waals surface area contributed by atoms with Crippen LogP contribution in [0, 0.1) is 20.8 Å². The van der Waals surface area contributed by atoms with Gasteiger partial charge in [-0.25, -0.2) is 9.59 Å². The average Bonchev–Trinajstić information content (AvgIpc) is 3.06. The van der Waals surface area contributed by atoms with Crippen molar-refractivity contribution in [1.29, 1.82) is 0 Å². The average molecular weight is 793 g/mol. The molecule has 292 valence electrons. The second kappa shape index (κ2) is 20.8. The van der Waals surface area contributed by atoms with E-state index in [1.54, 1.807) is 56.3 Å². The van der Waals surface area contributed by atoms with E-state index in [9.17, 15) is 26.4 Å². The molecule has 0 radical (unpaired) electrons. The van der Waals surface area contributed by atoms with E-state index in [-0.39, 0.29) is 35.0 Å². The van der Waals surface area contributed by atoms with Crippen molar-refractivity contribution in [3.8, 4) is 34.5 Å². The first-order valence-corrected chi connectivity index (χ1v) is 18.2. The lowest BCUT2D eigenvalue weighted by Crippen LogP contribution is -2.04. The largest absolute Gasteiger partial charge is 0.504 e. The number of carbonyl (C=O) groups excluding carboxylic acids is 2. The molecule has 0 saturated heterocycles. The van der Waals surface area contributed by atoms with Gasteiger partial charge < -0.3 is 40.1 Å². The fourth-order valence-electron chi connectivity index (χ4n) is 4.24. The van der Waals surface area contributed by atoms with E-state index in [0.717, 1.165) is 29.8 Å². The standard InChI is InChI=1S/2C10H10O5.C9H12O3S.C7H8O3S/c2*1-2-3-15-10(14)6-4-7(11)9(13)8(12)5-6;1-6-4-7(2)9(8(3)5-6)13(10,11)12;8-11(9,10)6-7-4-2-1-3-5-7/h2*2,4-5,11-13H,1,3H2;4-5H,1-3H3,(H,10,11,12);1-5H,6H2,(H,8,9,10). The van der Waals surface area contributed by atoms with Crippen molar-refractivity contribution < 1.29 is 75.6 Å². The van der Waals surface area contributed by atoms with Crippen LogP contribution in [-0.2, 0) is 35.5 Å². The van der Waals surface area contributed by atoms with Crippen LogP contribution in [0.15, 0.2) is 96.9 Å². The molecule has 4 aromatic carbocycles. The summed E-state index contributed by atoms with van der Waals surface area (Å²) in [5.41, 5.74) is 2.65. The van der Waals surface area contributed by atoms with Crippen molar-refractivity contribution in [3.05, 3.63) is 125 Å². The van der Waals surface area contributed by atoms with Gasteiger partial charge in [-0.15, -0.1) is 0 Å². The molecule has 0 spiro atoms. The van der Waals surface area contributed by atoms with Gasteiger partial charge in [-0.1, -0.05) is 73.3 Å². The van der Waals surface area contributed by atoms with Crippen LogP contribution in [0.1, 0.15) is 43.0 Å². The monoisotopic (exact) mass is 792 g/mol. The van der Waals surface area contributed by atoms with Gasteiger partial charge in [-0.2, -0.15) is 16.8 Å². The Morgan fingerprint density at radius 3 is 1.28 bits per heavy atom. The van der Waals surface area contributed by atoms with E-state index >= 15 is 0 Å². The summed E-state index contributed by atoms with van der Waals surface area (Å²) in [6.45, 7) is 12.0. The van der Waals surface area contributed by atoms with E-state index in [1.807, 2.05) is 6.92 Å². The maximum Gasteiger partial charge on any atom is 0.338 e. The summed E-state index contributed by atoms with van der Waals surface area (Å²) in [5, 5.41) is 54.5. The summed E-state index contributed by atoms with van der Waals surface area (Å²) in [6.07, 6.45) is 2.77. The van der Waals surface area contributed by atoms with Crippen molar-refractivity contribution >= 4 is 32.2 Å². The van der Waals surface area contributed by atoms with Crippen molar-refractivity contribution in [2.24, 2.45) is 0 Å². The zero-order chi connectivity index (χ0) is 41.4. The van der Waals surface area contributed by atoms with Gasteiger partial charge in [0.2, 0.25) is 0 Å². The highest BCUT2D eigenvalue weighted by molar-refractivity contribution is 7.86. The van der Waals surface area contributed by atoms with Crippen molar-refractivity contribution in [3.63, 3.8) is 0 Å². The Hall–Kier alpha value is -6.08. The number of aromatic hydroxyl groups is 6. The lowest BCUT2D eigenvalue weighted by Gasteiger charge is -2.07. The third kappa shape index (κ3) is 15.7. The number of rotatable bonds is 9. The minimum atomic E-state index is -4.08. The number of carbonyl (C=O) groups is 2. The summed E-state index contributed by atoms with van der Waals surface area (Å²) in [4.78, 5) is 22.5. The van der Waals surface area contributed by atoms with Gasteiger partial charge in [0.15, 0.2) is 34.5 Å². The number of phenols is 6. The second-order valence-electron chi connectivity index (χ2n) is 10.9. The van der Waals surface area contributed by atoms with Crippen LogP contribution in [0.5, 0.6) is 34.5 Å². The van der Waals surface area contributed by atoms with Crippen LogP contribution in [0.4, 0.5) is 0 Å². The fourth-order valence-corrected chi connectivity index (χ4v) is 5.78. The molecule has 0 aliphatic carbocycles. The molecule has 0 heterocycles. The Labute approximate surface area is 311 Å². The lowest BCUT2D eigenvalue weighted by atomic mass is 10.1. The summed E-state index contributed by atoms with van der Waals surface area (Å²) in [6, 6.07) is 16.0. The highest BCUT2D eigenvalue weighted by atomic mass is 32.2. The maximum atomic E-state index is 11.2. The van der Waals surface area contributed by atoms with Crippen LogP contribution in [-0.4, -0.2) is 81.7 Å². The number of benzene rings is 4. The highest BCUT2D eigenvalue weighted by Gasteiger charge is 2.17. The van der Waals surface area contributed by atoms with E-state index in [0.29, 0.717) is 16.7 Å². The molecule has 8 N–H and O–H groups in total. The van der Waals surface area contributed by atoms with Gasteiger partial charge in [0.05, 0.1) is 16.0 Å². The fraction of sp³-hybridized carbons (Fsp3) is 0.167.